The molecule has 3 amide bonds. The summed E-state index contributed by atoms with van der Waals surface area (Å²) < 4.78 is 11.0. The highest BCUT2D eigenvalue weighted by Crippen LogP contribution is 2.49. The van der Waals surface area contributed by atoms with Gasteiger partial charge in [-0.05, 0) is 65.7 Å². The third kappa shape index (κ3) is 5.02. The maximum absolute atomic E-state index is 13.9. The van der Waals surface area contributed by atoms with Crippen molar-refractivity contribution in [2.24, 2.45) is 0 Å². The second kappa shape index (κ2) is 8.54. The molecule has 1 aliphatic heterocycles. The molecule has 1 heterocycles. The molecule has 2 atom stereocenters. The van der Waals surface area contributed by atoms with Gasteiger partial charge in [-0.15, -0.1) is 0 Å². The topological polar surface area (TPSA) is 84.9 Å². The van der Waals surface area contributed by atoms with Gasteiger partial charge in [-0.25, -0.2) is 14.5 Å². The number of anilines is 1. The number of para-hydroxylation sites is 1. The Bertz CT molecular complexity index is 1050. The van der Waals surface area contributed by atoms with Crippen molar-refractivity contribution in [3.8, 4) is 0 Å². The summed E-state index contributed by atoms with van der Waals surface area (Å²) in [5, 5.41) is 2.89. The zero-order chi connectivity index (χ0) is 24.6. The zero-order valence-corrected chi connectivity index (χ0v) is 20.3. The predicted octanol–water partition coefficient (Wildman–Crippen LogP) is 5.49. The van der Waals surface area contributed by atoms with E-state index in [2.05, 4.69) is 5.32 Å². The van der Waals surface area contributed by atoms with Gasteiger partial charge < -0.3 is 14.8 Å². The van der Waals surface area contributed by atoms with Gasteiger partial charge in [0.05, 0.1) is 17.1 Å². The highest BCUT2D eigenvalue weighted by Gasteiger charge is 2.56. The van der Waals surface area contributed by atoms with Gasteiger partial charge in [0.15, 0.2) is 0 Å². The van der Waals surface area contributed by atoms with Crippen LogP contribution in [0.15, 0.2) is 54.6 Å². The molecule has 0 fully saturated rings. The summed E-state index contributed by atoms with van der Waals surface area (Å²) in [6, 6.07) is 15.5. The zero-order valence-electron chi connectivity index (χ0n) is 20.3. The third-order valence-corrected chi connectivity index (χ3v) is 5.30. The third-order valence-electron chi connectivity index (χ3n) is 5.30. The second-order valence-electron chi connectivity index (χ2n) is 10.3. The van der Waals surface area contributed by atoms with E-state index in [1.165, 1.54) is 0 Å². The number of nitrogens with zero attached hydrogens (tertiary/aromatic N) is 1. The molecule has 1 N–H and O–H groups in total. The fourth-order valence-corrected chi connectivity index (χ4v) is 3.96. The van der Waals surface area contributed by atoms with Crippen LogP contribution in [-0.4, -0.2) is 29.3 Å². The standard InChI is InChI=1S/C26H32N2O5/c1-24(2,3)32-22(30)27-20(17-13-9-8-10-14-17)26(7)18-15-11-12-16-19(18)28(21(26)29)23(31)33-25(4,5)6/h8-16,20H,1-7H3,(H,27,30)/t20-,26+/m0/s1. The molecule has 0 aliphatic carbocycles. The minimum atomic E-state index is -1.29. The van der Waals surface area contributed by atoms with Crippen molar-refractivity contribution in [1.29, 1.82) is 0 Å². The average molecular weight is 453 g/mol. The number of rotatable bonds is 3. The first-order valence-electron chi connectivity index (χ1n) is 11.0. The van der Waals surface area contributed by atoms with E-state index in [1.807, 2.05) is 30.3 Å². The summed E-state index contributed by atoms with van der Waals surface area (Å²) in [6.07, 6.45) is -1.41. The van der Waals surface area contributed by atoms with Crippen LogP contribution in [0.5, 0.6) is 0 Å². The molecule has 1 aliphatic rings. The van der Waals surface area contributed by atoms with Crippen LogP contribution in [-0.2, 0) is 19.7 Å². The SMILES string of the molecule is CC(C)(C)OC(=O)N[C@@H](c1ccccc1)[C@]1(C)C(=O)N(C(=O)OC(C)(C)C)c2ccccc21. The Morgan fingerprint density at radius 1 is 0.879 bits per heavy atom. The monoisotopic (exact) mass is 452 g/mol. The van der Waals surface area contributed by atoms with E-state index in [4.69, 9.17) is 9.47 Å². The first kappa shape index (κ1) is 24.3. The number of nitrogens with one attached hydrogen (secondary N) is 1. The number of benzene rings is 2. The number of hydrogen-bond acceptors (Lipinski definition) is 5. The molecule has 0 radical (unpaired) electrons. The lowest BCUT2D eigenvalue weighted by atomic mass is 9.74. The number of amides is 3. The molecule has 0 saturated heterocycles. The number of alkyl carbamates (subject to hydrolysis) is 1. The molecule has 33 heavy (non-hydrogen) atoms. The summed E-state index contributed by atoms with van der Waals surface area (Å²) in [5.41, 5.74) is -1.02. The van der Waals surface area contributed by atoms with Crippen LogP contribution in [0, 0.1) is 0 Å². The van der Waals surface area contributed by atoms with Crippen molar-refractivity contribution in [2.45, 2.75) is 71.1 Å². The lowest BCUT2D eigenvalue weighted by molar-refractivity contribution is -0.123. The van der Waals surface area contributed by atoms with Crippen LogP contribution in [0.25, 0.3) is 0 Å². The number of fused-ring (bicyclic) bond motifs is 1. The second-order valence-corrected chi connectivity index (χ2v) is 10.3. The van der Waals surface area contributed by atoms with E-state index < -0.39 is 40.8 Å². The molecule has 0 unspecified atom stereocenters. The number of carbonyl (C=O) groups is 3. The maximum Gasteiger partial charge on any atom is 0.421 e. The quantitative estimate of drug-likeness (QED) is 0.665. The van der Waals surface area contributed by atoms with E-state index in [0.29, 0.717) is 16.8 Å². The number of carbonyl (C=O) groups excluding carboxylic acids is 3. The first-order valence-corrected chi connectivity index (χ1v) is 11.0. The maximum atomic E-state index is 13.9. The van der Waals surface area contributed by atoms with Gasteiger partial charge in [-0.1, -0.05) is 48.5 Å². The van der Waals surface area contributed by atoms with Gasteiger partial charge in [0.1, 0.15) is 11.2 Å². The number of ether oxygens (including phenoxy) is 2. The Labute approximate surface area is 195 Å². The van der Waals surface area contributed by atoms with Crippen molar-refractivity contribution in [1.82, 2.24) is 5.32 Å². The highest BCUT2D eigenvalue weighted by atomic mass is 16.6. The molecule has 3 rings (SSSR count). The van der Waals surface area contributed by atoms with Crippen molar-refractivity contribution in [2.75, 3.05) is 4.90 Å². The van der Waals surface area contributed by atoms with Crippen LogP contribution in [0.3, 0.4) is 0 Å². The fraction of sp³-hybridized carbons (Fsp3) is 0.423. The molecule has 0 spiro atoms. The van der Waals surface area contributed by atoms with Gasteiger partial charge in [0.25, 0.3) is 0 Å². The lowest BCUT2D eigenvalue weighted by Gasteiger charge is -2.35. The molecule has 2 aromatic rings. The molecule has 2 aromatic carbocycles. The van der Waals surface area contributed by atoms with Crippen LogP contribution in [0.1, 0.15) is 65.6 Å². The van der Waals surface area contributed by atoms with Gasteiger partial charge in [-0.3, -0.25) is 4.79 Å². The van der Waals surface area contributed by atoms with E-state index >= 15 is 0 Å². The Balaban J connectivity index is 2.12. The summed E-state index contributed by atoms with van der Waals surface area (Å²) >= 11 is 0. The van der Waals surface area contributed by atoms with Crippen LogP contribution in [0.4, 0.5) is 15.3 Å². The molecular weight excluding hydrogens is 420 g/mol. The van der Waals surface area contributed by atoms with E-state index in [1.54, 1.807) is 72.7 Å². The molecular formula is C26H32N2O5. The van der Waals surface area contributed by atoms with Crippen molar-refractivity contribution < 1.29 is 23.9 Å². The Morgan fingerprint density at radius 3 is 2.00 bits per heavy atom. The van der Waals surface area contributed by atoms with Crippen LogP contribution in [0.2, 0.25) is 0 Å². The predicted molar refractivity (Wildman–Crippen MR) is 126 cm³/mol. The van der Waals surface area contributed by atoms with Crippen molar-refractivity contribution >= 4 is 23.8 Å². The fourth-order valence-electron chi connectivity index (χ4n) is 3.96. The summed E-state index contributed by atoms with van der Waals surface area (Å²) in [6.45, 7) is 12.3. The smallest absolute Gasteiger partial charge is 0.421 e. The minimum Gasteiger partial charge on any atom is -0.444 e. The minimum absolute atomic E-state index is 0.436. The van der Waals surface area contributed by atoms with E-state index in [0.717, 1.165) is 4.90 Å². The lowest BCUT2D eigenvalue weighted by Crippen LogP contribution is -2.51. The molecule has 0 saturated carbocycles. The van der Waals surface area contributed by atoms with Crippen LogP contribution < -0.4 is 10.2 Å². The van der Waals surface area contributed by atoms with Gasteiger partial charge in [0.2, 0.25) is 5.91 Å². The van der Waals surface area contributed by atoms with Crippen molar-refractivity contribution in [3.05, 3.63) is 65.7 Å². The number of hydrogen-bond donors (Lipinski definition) is 1. The summed E-state index contributed by atoms with van der Waals surface area (Å²) in [7, 11) is 0. The number of imide groups is 1. The molecule has 176 valence electrons. The Kier molecular flexibility index (Phi) is 6.29. The first-order chi connectivity index (χ1) is 15.2. The van der Waals surface area contributed by atoms with Crippen molar-refractivity contribution in [3.63, 3.8) is 0 Å². The molecule has 0 bridgehead atoms. The van der Waals surface area contributed by atoms with E-state index in [9.17, 15) is 14.4 Å². The van der Waals surface area contributed by atoms with Gasteiger partial charge in [0, 0.05) is 0 Å². The van der Waals surface area contributed by atoms with E-state index in [-0.39, 0.29) is 0 Å². The molecule has 7 nitrogen and oxygen atoms in total. The summed E-state index contributed by atoms with van der Waals surface area (Å²) in [5.74, 6) is -0.483. The average Bonchev–Trinajstić information content (AvgIpc) is 2.92. The highest BCUT2D eigenvalue weighted by molar-refractivity contribution is 6.21. The Hall–Kier alpha value is -3.35. The van der Waals surface area contributed by atoms with Gasteiger partial charge >= 0.3 is 12.2 Å². The largest absolute Gasteiger partial charge is 0.444 e. The Morgan fingerprint density at radius 2 is 1.42 bits per heavy atom. The summed E-state index contributed by atoms with van der Waals surface area (Å²) in [4.78, 5) is 40.9. The normalized spacial score (nSPS) is 19.0. The molecule has 0 aromatic heterocycles. The van der Waals surface area contributed by atoms with Crippen LogP contribution >= 0.6 is 0 Å². The molecule has 7 heteroatoms. The van der Waals surface area contributed by atoms with Gasteiger partial charge in [-0.2, -0.15) is 0 Å².